The van der Waals surface area contributed by atoms with Crippen molar-refractivity contribution >= 4 is 58.8 Å². The Labute approximate surface area is 298 Å². The van der Waals surface area contributed by atoms with Gasteiger partial charge in [-0.15, -0.1) is 0 Å². The first kappa shape index (κ1) is 39.3. The maximum Gasteiger partial charge on any atom is 0.408 e. The van der Waals surface area contributed by atoms with Crippen molar-refractivity contribution in [1.29, 1.82) is 0 Å². The third-order valence-electron chi connectivity index (χ3n) is 6.29. The van der Waals surface area contributed by atoms with Gasteiger partial charge in [0, 0.05) is 22.2 Å². The number of aromatic nitrogens is 2. The standard InChI is InChI=1S/C33H41Cl2N5O8S/c1-32(2,3)47-29(43)36-18-8-7-9-25(37-30(44)48-33(4,5)6)27(42)46-20-39-28(38-26(41)22-12-16-24(35)17-13-22)49-40(31(39)45)19-21-10-14-23(34)15-11-21/h10-17,25H,7-9,18-20H2,1-6H3,(H,36,43)(H,37,44). The molecule has 49 heavy (non-hydrogen) atoms. The number of hydrogen-bond donors (Lipinski definition) is 2. The lowest BCUT2D eigenvalue weighted by molar-refractivity contribution is -0.150. The third-order valence-corrected chi connectivity index (χ3v) is 7.78. The first-order valence-electron chi connectivity index (χ1n) is 15.4. The molecular weight excluding hydrogens is 697 g/mol. The molecular formula is C33H41Cl2N5O8S. The molecule has 3 rings (SSSR count). The Morgan fingerprint density at radius 1 is 0.857 bits per heavy atom. The molecule has 0 spiro atoms. The number of hydrogen-bond acceptors (Lipinski definition) is 9. The molecule has 1 atom stereocenters. The minimum Gasteiger partial charge on any atom is -0.444 e. The highest BCUT2D eigenvalue weighted by Gasteiger charge is 2.26. The van der Waals surface area contributed by atoms with E-state index in [9.17, 15) is 24.0 Å². The van der Waals surface area contributed by atoms with Crippen LogP contribution in [0.2, 0.25) is 10.0 Å². The highest BCUT2D eigenvalue weighted by Crippen LogP contribution is 2.13. The van der Waals surface area contributed by atoms with Gasteiger partial charge in [0.2, 0.25) is 4.80 Å². The number of alkyl carbamates (subject to hydrolysis) is 2. The first-order chi connectivity index (χ1) is 22.9. The number of benzene rings is 2. The highest BCUT2D eigenvalue weighted by molar-refractivity contribution is 7.03. The predicted octanol–water partition coefficient (Wildman–Crippen LogP) is 5.90. The van der Waals surface area contributed by atoms with Crippen LogP contribution in [-0.2, 0) is 32.3 Å². The Hall–Kier alpha value is -4.14. The predicted molar refractivity (Wildman–Crippen MR) is 186 cm³/mol. The summed E-state index contributed by atoms with van der Waals surface area (Å²) >= 11 is 12.9. The van der Waals surface area contributed by atoms with Crippen LogP contribution >= 0.6 is 34.7 Å². The molecule has 1 unspecified atom stereocenters. The maximum absolute atomic E-state index is 13.5. The van der Waals surface area contributed by atoms with Crippen molar-refractivity contribution in [3.05, 3.63) is 85.0 Å². The highest BCUT2D eigenvalue weighted by atomic mass is 35.5. The molecule has 1 aromatic heterocycles. The average Bonchev–Trinajstić information content (AvgIpc) is 3.27. The third kappa shape index (κ3) is 13.7. The van der Waals surface area contributed by atoms with Crippen molar-refractivity contribution in [3.63, 3.8) is 0 Å². The molecule has 0 aliphatic carbocycles. The summed E-state index contributed by atoms with van der Waals surface area (Å²) in [4.78, 5) is 68.6. The molecule has 1 heterocycles. The zero-order valence-electron chi connectivity index (χ0n) is 28.2. The van der Waals surface area contributed by atoms with Crippen LogP contribution in [0.4, 0.5) is 9.59 Å². The van der Waals surface area contributed by atoms with Crippen molar-refractivity contribution in [3.8, 4) is 0 Å². The number of ether oxygens (including phenoxy) is 3. The molecule has 2 aromatic carbocycles. The van der Waals surface area contributed by atoms with Crippen LogP contribution in [0, 0.1) is 0 Å². The quantitative estimate of drug-likeness (QED) is 0.132. The van der Waals surface area contributed by atoms with Gasteiger partial charge in [-0.2, -0.15) is 4.99 Å². The van der Waals surface area contributed by atoms with Crippen LogP contribution in [0.15, 0.2) is 58.3 Å². The van der Waals surface area contributed by atoms with Gasteiger partial charge in [0.1, 0.15) is 17.2 Å². The first-order valence-corrected chi connectivity index (χ1v) is 17.0. The van der Waals surface area contributed by atoms with E-state index >= 15 is 0 Å². The van der Waals surface area contributed by atoms with Gasteiger partial charge in [0.05, 0.1) is 6.54 Å². The Morgan fingerprint density at radius 2 is 1.43 bits per heavy atom. The van der Waals surface area contributed by atoms with Crippen LogP contribution < -0.4 is 21.1 Å². The van der Waals surface area contributed by atoms with Gasteiger partial charge >= 0.3 is 23.8 Å². The molecule has 0 saturated carbocycles. The molecule has 0 fully saturated rings. The fourth-order valence-corrected chi connectivity index (χ4v) is 5.29. The number of nitrogens with one attached hydrogen (secondary N) is 2. The van der Waals surface area contributed by atoms with E-state index in [0.29, 0.717) is 22.9 Å². The number of nitrogens with zero attached hydrogens (tertiary/aromatic N) is 3. The largest absolute Gasteiger partial charge is 0.444 e. The SMILES string of the molecule is CC(C)(C)OC(=O)NCCCCC(NC(=O)OC(C)(C)C)C(=O)OCn1c(=NC(=O)c2ccc(Cl)cc2)sn(Cc2ccc(Cl)cc2)c1=O. The second kappa shape index (κ2) is 17.5. The summed E-state index contributed by atoms with van der Waals surface area (Å²) in [6, 6.07) is 11.8. The van der Waals surface area contributed by atoms with E-state index in [1.165, 1.54) is 16.1 Å². The lowest BCUT2D eigenvalue weighted by Crippen LogP contribution is -2.45. The summed E-state index contributed by atoms with van der Waals surface area (Å²) in [7, 11) is 0. The monoisotopic (exact) mass is 737 g/mol. The molecule has 2 N–H and O–H groups in total. The van der Waals surface area contributed by atoms with E-state index in [0.717, 1.165) is 21.7 Å². The van der Waals surface area contributed by atoms with Gasteiger partial charge in [-0.05, 0) is 114 Å². The molecule has 13 nitrogen and oxygen atoms in total. The molecule has 3 aromatic rings. The Balaban J connectivity index is 1.81. The van der Waals surface area contributed by atoms with E-state index in [1.54, 1.807) is 77.9 Å². The summed E-state index contributed by atoms with van der Waals surface area (Å²) in [5.41, 5.74) is -1.06. The maximum atomic E-state index is 13.5. The van der Waals surface area contributed by atoms with E-state index in [4.69, 9.17) is 37.4 Å². The molecule has 16 heteroatoms. The van der Waals surface area contributed by atoms with Crippen LogP contribution in [0.3, 0.4) is 0 Å². The van der Waals surface area contributed by atoms with Crippen LogP contribution in [0.1, 0.15) is 76.7 Å². The summed E-state index contributed by atoms with van der Waals surface area (Å²) in [6.45, 7) is 10.1. The van der Waals surface area contributed by atoms with Crippen LogP contribution in [-0.4, -0.2) is 56.4 Å². The van der Waals surface area contributed by atoms with Gasteiger partial charge in [-0.3, -0.25) is 4.79 Å². The normalized spacial score (nSPS) is 12.6. The van der Waals surface area contributed by atoms with Gasteiger partial charge in [0.25, 0.3) is 5.91 Å². The molecule has 0 aliphatic rings. The van der Waals surface area contributed by atoms with Crippen molar-refractivity contribution in [2.75, 3.05) is 6.54 Å². The van der Waals surface area contributed by atoms with E-state index in [1.807, 2.05) is 0 Å². The number of carbonyl (C=O) groups excluding carboxylic acids is 4. The second-order valence-electron chi connectivity index (χ2n) is 12.9. The van der Waals surface area contributed by atoms with E-state index in [-0.39, 0.29) is 29.9 Å². The van der Waals surface area contributed by atoms with Crippen LogP contribution in [0.5, 0.6) is 0 Å². The topological polar surface area (TPSA) is 159 Å². The van der Waals surface area contributed by atoms with Gasteiger partial charge in [-0.1, -0.05) is 35.3 Å². The summed E-state index contributed by atoms with van der Waals surface area (Å²) < 4.78 is 18.5. The fraction of sp³-hybridized carbons (Fsp3) is 0.455. The number of rotatable bonds is 12. The Kier molecular flexibility index (Phi) is 14.0. The molecule has 0 aliphatic heterocycles. The van der Waals surface area contributed by atoms with E-state index in [2.05, 4.69) is 15.6 Å². The average molecular weight is 739 g/mol. The van der Waals surface area contributed by atoms with Crippen molar-refractivity contribution < 1.29 is 33.4 Å². The lowest BCUT2D eigenvalue weighted by atomic mass is 10.1. The Morgan fingerprint density at radius 3 is 2.02 bits per heavy atom. The van der Waals surface area contributed by atoms with Crippen molar-refractivity contribution in [1.82, 2.24) is 19.2 Å². The molecule has 0 radical (unpaired) electrons. The second-order valence-corrected chi connectivity index (χ2v) is 14.7. The summed E-state index contributed by atoms with van der Waals surface area (Å²) in [5, 5.41) is 6.15. The molecule has 0 bridgehead atoms. The van der Waals surface area contributed by atoms with Gasteiger partial charge in [-0.25, -0.2) is 27.7 Å². The summed E-state index contributed by atoms with van der Waals surface area (Å²) in [5.74, 6) is -1.48. The number of carbonyl (C=O) groups is 4. The van der Waals surface area contributed by atoms with Crippen molar-refractivity contribution in [2.24, 2.45) is 4.99 Å². The fourth-order valence-electron chi connectivity index (χ4n) is 4.10. The molecule has 3 amide bonds. The van der Waals surface area contributed by atoms with Crippen LogP contribution in [0.25, 0.3) is 0 Å². The Bertz CT molecular complexity index is 1740. The minimum absolute atomic E-state index is 0.0171. The number of amides is 3. The number of unbranched alkanes of at least 4 members (excludes halogenated alkanes) is 1. The zero-order chi connectivity index (χ0) is 36.4. The van der Waals surface area contributed by atoms with E-state index < -0.39 is 53.7 Å². The zero-order valence-corrected chi connectivity index (χ0v) is 30.5. The molecule has 0 saturated heterocycles. The minimum atomic E-state index is -1.15. The van der Waals surface area contributed by atoms with Gasteiger partial charge < -0.3 is 24.8 Å². The van der Waals surface area contributed by atoms with Gasteiger partial charge in [0.15, 0.2) is 6.73 Å². The number of halogens is 2. The molecule has 266 valence electrons. The smallest absolute Gasteiger partial charge is 0.408 e. The summed E-state index contributed by atoms with van der Waals surface area (Å²) in [6.07, 6.45) is -0.403. The lowest BCUT2D eigenvalue weighted by Gasteiger charge is -2.23. The number of esters is 1. The van der Waals surface area contributed by atoms with Crippen molar-refractivity contribution in [2.45, 2.75) is 91.3 Å².